The molecule has 0 saturated carbocycles. The molecule has 2 amide bonds. The molecule has 0 bridgehead atoms. The van der Waals surface area contributed by atoms with Gasteiger partial charge in [-0.15, -0.1) is 10.2 Å². The summed E-state index contributed by atoms with van der Waals surface area (Å²) < 4.78 is 5.16. The number of amides is 2. The van der Waals surface area contributed by atoms with Crippen LogP contribution in [0.25, 0.3) is 0 Å². The molecule has 2 N–H and O–H groups in total. The van der Waals surface area contributed by atoms with E-state index in [0.29, 0.717) is 24.8 Å². The predicted molar refractivity (Wildman–Crippen MR) is 114 cm³/mol. The number of aromatic nitrogens is 2. The van der Waals surface area contributed by atoms with Crippen molar-refractivity contribution < 1.29 is 14.3 Å². The number of nitrogens with zero attached hydrogens (tertiary/aromatic N) is 4. The molecule has 0 aliphatic carbocycles. The molecule has 3 atom stereocenters. The molecule has 4 rings (SSSR count). The number of aryl methyl sites for hydroxylation is 1. The number of carbonyl (C=O) groups excluding carboxylic acids is 2. The average Bonchev–Trinajstić information content (AvgIpc) is 3.31. The third-order valence-corrected chi connectivity index (χ3v) is 6.28. The van der Waals surface area contributed by atoms with E-state index in [2.05, 4.69) is 25.8 Å². The molecule has 2 aromatic rings. The number of methoxy groups -OCH3 is 1. The Morgan fingerprint density at radius 3 is 2.80 bits per heavy atom. The molecule has 2 aliphatic rings. The second-order valence-electron chi connectivity index (χ2n) is 7.60. The Hall–Kier alpha value is -2.40. The van der Waals surface area contributed by atoms with E-state index in [1.807, 2.05) is 37.3 Å². The summed E-state index contributed by atoms with van der Waals surface area (Å²) in [6.07, 6.45) is 0.849. The lowest BCUT2D eigenvalue weighted by molar-refractivity contribution is -0.126. The van der Waals surface area contributed by atoms with Crippen molar-refractivity contribution in [2.24, 2.45) is 11.8 Å². The van der Waals surface area contributed by atoms with Crippen molar-refractivity contribution in [2.45, 2.75) is 19.4 Å². The molecule has 3 heterocycles. The highest BCUT2D eigenvalue weighted by Crippen LogP contribution is 2.32. The van der Waals surface area contributed by atoms with Gasteiger partial charge in [-0.05, 0) is 25.5 Å². The fourth-order valence-corrected chi connectivity index (χ4v) is 4.71. The topological polar surface area (TPSA) is 99.7 Å². The molecule has 9 nitrogen and oxygen atoms in total. The number of hydrogen-bond acceptors (Lipinski definition) is 8. The van der Waals surface area contributed by atoms with E-state index in [1.54, 1.807) is 12.1 Å². The number of rotatable bonds is 7. The van der Waals surface area contributed by atoms with Gasteiger partial charge in [0.15, 0.2) is 0 Å². The molecule has 160 valence electrons. The van der Waals surface area contributed by atoms with E-state index in [4.69, 9.17) is 4.74 Å². The largest absolute Gasteiger partial charge is 0.385 e. The standard InChI is InChI=1S/C20H26N6O3S/c1-13-22-23-20(30-13)21-18(27)15-11-25(9-6-10-29-2)12-16-17(15)24-26(19(16)28)14-7-4-3-5-8-14/h3-5,7-8,15-17,24H,6,9-12H2,1-2H3,(H,21,23,27). The van der Waals surface area contributed by atoms with Crippen LogP contribution in [-0.4, -0.2) is 66.3 Å². The number of likely N-dealkylation sites (tertiary alicyclic amines) is 1. The summed E-state index contributed by atoms with van der Waals surface area (Å²) in [6, 6.07) is 9.20. The number of para-hydroxylation sites is 1. The van der Waals surface area contributed by atoms with Gasteiger partial charge in [0, 0.05) is 33.4 Å². The second kappa shape index (κ2) is 9.17. The number of hydrazine groups is 1. The van der Waals surface area contributed by atoms with Gasteiger partial charge in [0.25, 0.3) is 0 Å². The smallest absolute Gasteiger partial charge is 0.247 e. The molecule has 0 spiro atoms. The highest BCUT2D eigenvalue weighted by molar-refractivity contribution is 7.15. The van der Waals surface area contributed by atoms with E-state index in [1.165, 1.54) is 11.3 Å². The zero-order valence-electron chi connectivity index (χ0n) is 17.1. The van der Waals surface area contributed by atoms with Crippen LogP contribution >= 0.6 is 11.3 Å². The summed E-state index contributed by atoms with van der Waals surface area (Å²) in [6.45, 7) is 4.45. The zero-order valence-corrected chi connectivity index (χ0v) is 17.9. The van der Waals surface area contributed by atoms with Gasteiger partial charge in [-0.3, -0.25) is 9.59 Å². The van der Waals surface area contributed by atoms with E-state index in [-0.39, 0.29) is 23.8 Å². The number of fused-ring (bicyclic) bond motifs is 1. The normalized spacial score (nSPS) is 24.1. The van der Waals surface area contributed by atoms with E-state index >= 15 is 0 Å². The number of carbonyl (C=O) groups is 2. The summed E-state index contributed by atoms with van der Waals surface area (Å²) in [4.78, 5) is 28.5. The molecule has 30 heavy (non-hydrogen) atoms. The number of anilines is 2. The van der Waals surface area contributed by atoms with Crippen molar-refractivity contribution in [1.29, 1.82) is 0 Å². The number of ether oxygens (including phenoxy) is 1. The van der Waals surface area contributed by atoms with Crippen molar-refractivity contribution in [3.8, 4) is 0 Å². The molecule has 1 aromatic carbocycles. The van der Waals surface area contributed by atoms with Crippen LogP contribution in [0.3, 0.4) is 0 Å². The van der Waals surface area contributed by atoms with Gasteiger partial charge in [-0.25, -0.2) is 10.4 Å². The van der Waals surface area contributed by atoms with E-state index in [9.17, 15) is 9.59 Å². The second-order valence-corrected chi connectivity index (χ2v) is 8.78. The predicted octanol–water partition coefficient (Wildman–Crippen LogP) is 1.29. The Bertz CT molecular complexity index is 892. The Kier molecular flexibility index (Phi) is 6.38. The molecule has 10 heteroatoms. The molecule has 1 aromatic heterocycles. The quantitative estimate of drug-likeness (QED) is 0.639. The maximum absolute atomic E-state index is 13.2. The van der Waals surface area contributed by atoms with Crippen LogP contribution in [0, 0.1) is 18.8 Å². The fourth-order valence-electron chi connectivity index (χ4n) is 4.11. The van der Waals surface area contributed by atoms with Crippen LogP contribution in [0.1, 0.15) is 11.4 Å². The first-order valence-corrected chi connectivity index (χ1v) is 10.9. The molecule has 2 aliphatic heterocycles. The number of hydrogen-bond donors (Lipinski definition) is 2. The summed E-state index contributed by atoms with van der Waals surface area (Å²) >= 11 is 1.34. The van der Waals surface area contributed by atoms with Gasteiger partial charge in [0.05, 0.1) is 23.6 Å². The van der Waals surface area contributed by atoms with Gasteiger partial charge in [0.1, 0.15) is 5.01 Å². The van der Waals surface area contributed by atoms with E-state index in [0.717, 1.165) is 23.7 Å². The first-order valence-electron chi connectivity index (χ1n) is 10.0. The highest BCUT2D eigenvalue weighted by Gasteiger charge is 2.50. The summed E-state index contributed by atoms with van der Waals surface area (Å²) in [7, 11) is 1.68. The number of nitrogens with one attached hydrogen (secondary N) is 2. The van der Waals surface area contributed by atoms with Gasteiger partial charge in [-0.1, -0.05) is 29.5 Å². The van der Waals surface area contributed by atoms with E-state index < -0.39 is 5.92 Å². The van der Waals surface area contributed by atoms with Crippen LogP contribution in [0.15, 0.2) is 30.3 Å². The number of benzene rings is 1. The Morgan fingerprint density at radius 1 is 1.30 bits per heavy atom. The number of piperidine rings is 1. The molecule has 2 fully saturated rings. The van der Waals surface area contributed by atoms with Crippen molar-refractivity contribution >= 4 is 34.0 Å². The van der Waals surface area contributed by atoms with Crippen LogP contribution in [-0.2, 0) is 14.3 Å². The van der Waals surface area contributed by atoms with Crippen molar-refractivity contribution in [2.75, 3.05) is 43.7 Å². The van der Waals surface area contributed by atoms with Gasteiger partial charge in [0.2, 0.25) is 16.9 Å². The molecule has 3 unspecified atom stereocenters. The molecule has 2 saturated heterocycles. The van der Waals surface area contributed by atoms with Crippen molar-refractivity contribution in [1.82, 2.24) is 20.5 Å². The lowest BCUT2D eigenvalue weighted by Crippen LogP contribution is -2.56. The minimum Gasteiger partial charge on any atom is -0.385 e. The Morgan fingerprint density at radius 2 is 2.10 bits per heavy atom. The van der Waals surface area contributed by atoms with Gasteiger partial charge in [-0.2, -0.15) is 0 Å². The zero-order chi connectivity index (χ0) is 21.1. The summed E-state index contributed by atoms with van der Waals surface area (Å²) in [5, 5.41) is 13.7. The van der Waals surface area contributed by atoms with Crippen LogP contribution in [0.5, 0.6) is 0 Å². The minimum atomic E-state index is -0.395. The summed E-state index contributed by atoms with van der Waals surface area (Å²) in [5.74, 6) is -0.846. The lowest BCUT2D eigenvalue weighted by Gasteiger charge is -2.38. The third kappa shape index (κ3) is 4.36. The van der Waals surface area contributed by atoms with Crippen LogP contribution in [0.4, 0.5) is 10.8 Å². The Balaban J connectivity index is 1.55. The fraction of sp³-hybridized carbons (Fsp3) is 0.500. The first-order chi connectivity index (χ1) is 14.6. The molecular formula is C20H26N6O3S. The average molecular weight is 431 g/mol. The maximum Gasteiger partial charge on any atom is 0.247 e. The maximum atomic E-state index is 13.2. The molecular weight excluding hydrogens is 404 g/mol. The Labute approximate surface area is 179 Å². The van der Waals surface area contributed by atoms with Crippen LogP contribution in [0.2, 0.25) is 0 Å². The highest BCUT2D eigenvalue weighted by atomic mass is 32.1. The SMILES string of the molecule is COCCCN1CC(C(=O)Nc2nnc(C)s2)C2NN(c3ccccc3)C(=O)C2C1. The van der Waals surface area contributed by atoms with Gasteiger partial charge >= 0.3 is 0 Å². The summed E-state index contributed by atoms with van der Waals surface area (Å²) in [5.41, 5.74) is 4.09. The first kappa shape index (κ1) is 20.9. The minimum absolute atomic E-state index is 0.00722. The molecule has 0 radical (unpaired) electrons. The van der Waals surface area contributed by atoms with Gasteiger partial charge < -0.3 is 15.0 Å². The third-order valence-electron chi connectivity index (χ3n) is 5.52. The lowest BCUT2D eigenvalue weighted by atomic mass is 9.84. The van der Waals surface area contributed by atoms with Crippen LogP contribution < -0.4 is 15.8 Å². The monoisotopic (exact) mass is 430 g/mol. The van der Waals surface area contributed by atoms with Crippen molar-refractivity contribution in [3.05, 3.63) is 35.3 Å². The van der Waals surface area contributed by atoms with Crippen molar-refractivity contribution in [3.63, 3.8) is 0 Å².